The van der Waals surface area contributed by atoms with Gasteiger partial charge in [-0.1, -0.05) is 26.7 Å². The zero-order valence-electron chi connectivity index (χ0n) is 15.5. The second kappa shape index (κ2) is 9.52. The molecule has 7 heteroatoms. The number of carbonyl (C=O) groups excluding carboxylic acids is 1. The molecule has 6 nitrogen and oxygen atoms in total. The van der Waals surface area contributed by atoms with Crippen LogP contribution in [-0.2, 0) is 4.79 Å². The van der Waals surface area contributed by atoms with Crippen LogP contribution in [-0.4, -0.2) is 60.6 Å². The lowest BCUT2D eigenvalue weighted by atomic mass is 10.1. The number of amides is 1. The lowest BCUT2D eigenvalue weighted by molar-refractivity contribution is -0.139. The maximum Gasteiger partial charge on any atom is 0.326 e. The van der Waals surface area contributed by atoms with Crippen molar-refractivity contribution < 1.29 is 19.1 Å². The van der Waals surface area contributed by atoms with Crippen LogP contribution in [0.25, 0.3) is 0 Å². The maximum atomic E-state index is 14.5. The monoisotopic (exact) mass is 365 g/mol. The second-order valence-electron chi connectivity index (χ2n) is 6.59. The normalized spacial score (nSPS) is 16.3. The number of unbranched alkanes of at least 4 members (excludes halogenated alkanes) is 1. The van der Waals surface area contributed by atoms with Crippen LogP contribution in [0.2, 0.25) is 0 Å². The standard InChI is InChI=1S/C19H28FN3O3/c1-3-5-6-16(19(25)26)21-18(24)14-7-8-17(15(20)13-14)23-11-9-22(4-2)10-12-23/h7-8,13,16H,3-6,9-12H2,1-2H3,(H,21,24)(H,25,26)/t16-/m0/s1. The predicted molar refractivity (Wildman–Crippen MR) is 99.1 cm³/mol. The molecule has 0 unspecified atom stereocenters. The Labute approximate surface area is 154 Å². The Kier molecular flexibility index (Phi) is 7.38. The number of likely N-dealkylation sites (N-methyl/N-ethyl adjacent to an activating group) is 1. The molecule has 1 heterocycles. The molecule has 1 fully saturated rings. The average molecular weight is 365 g/mol. The highest BCUT2D eigenvalue weighted by Crippen LogP contribution is 2.22. The number of aliphatic carboxylic acids is 1. The van der Waals surface area contributed by atoms with Crippen LogP contribution in [0.4, 0.5) is 10.1 Å². The number of rotatable bonds is 8. The quantitative estimate of drug-likeness (QED) is 0.740. The van der Waals surface area contributed by atoms with E-state index >= 15 is 0 Å². The van der Waals surface area contributed by atoms with Crippen molar-refractivity contribution >= 4 is 17.6 Å². The van der Waals surface area contributed by atoms with Gasteiger partial charge in [0.1, 0.15) is 11.9 Å². The third-order valence-corrected chi connectivity index (χ3v) is 4.82. The van der Waals surface area contributed by atoms with Gasteiger partial charge in [0.05, 0.1) is 5.69 Å². The number of nitrogens with zero attached hydrogens (tertiary/aromatic N) is 2. The van der Waals surface area contributed by atoms with Gasteiger partial charge in [0, 0.05) is 31.7 Å². The van der Waals surface area contributed by atoms with E-state index < -0.39 is 23.7 Å². The smallest absolute Gasteiger partial charge is 0.326 e. The molecule has 0 bridgehead atoms. The lowest BCUT2D eigenvalue weighted by Crippen LogP contribution is -2.46. The zero-order valence-corrected chi connectivity index (χ0v) is 15.5. The van der Waals surface area contributed by atoms with E-state index in [0.29, 0.717) is 18.5 Å². The Bertz CT molecular complexity index is 630. The number of carboxylic acid groups (broad SMARTS) is 1. The third kappa shape index (κ3) is 5.17. The van der Waals surface area contributed by atoms with Crippen molar-refractivity contribution in [3.8, 4) is 0 Å². The third-order valence-electron chi connectivity index (χ3n) is 4.82. The number of benzene rings is 1. The Balaban J connectivity index is 2.03. The number of hydrogen-bond acceptors (Lipinski definition) is 4. The molecule has 0 radical (unpaired) electrons. The van der Waals surface area contributed by atoms with E-state index in [4.69, 9.17) is 0 Å². The maximum absolute atomic E-state index is 14.5. The van der Waals surface area contributed by atoms with Crippen LogP contribution in [0.3, 0.4) is 0 Å². The Morgan fingerprint density at radius 3 is 2.46 bits per heavy atom. The van der Waals surface area contributed by atoms with Crippen LogP contribution >= 0.6 is 0 Å². The van der Waals surface area contributed by atoms with Gasteiger partial charge in [-0.25, -0.2) is 9.18 Å². The number of carbonyl (C=O) groups is 2. The van der Waals surface area contributed by atoms with Crippen molar-refractivity contribution in [2.75, 3.05) is 37.6 Å². The summed E-state index contributed by atoms with van der Waals surface area (Å²) in [7, 11) is 0. The predicted octanol–water partition coefficient (Wildman–Crippen LogP) is 2.34. The molecule has 1 saturated heterocycles. The topological polar surface area (TPSA) is 72.9 Å². The highest BCUT2D eigenvalue weighted by atomic mass is 19.1. The summed E-state index contributed by atoms with van der Waals surface area (Å²) in [5.41, 5.74) is 0.624. The minimum absolute atomic E-state index is 0.140. The van der Waals surface area contributed by atoms with Crippen molar-refractivity contribution in [3.63, 3.8) is 0 Å². The number of hydrogen-bond donors (Lipinski definition) is 2. The van der Waals surface area contributed by atoms with Gasteiger partial charge < -0.3 is 20.2 Å². The lowest BCUT2D eigenvalue weighted by Gasteiger charge is -2.35. The molecule has 1 atom stereocenters. The van der Waals surface area contributed by atoms with E-state index in [1.54, 1.807) is 12.1 Å². The van der Waals surface area contributed by atoms with E-state index in [2.05, 4.69) is 17.1 Å². The molecule has 1 amide bonds. The molecule has 1 aromatic rings. The molecule has 2 rings (SSSR count). The van der Waals surface area contributed by atoms with Crippen molar-refractivity contribution in [1.29, 1.82) is 0 Å². The molecular weight excluding hydrogens is 337 g/mol. The minimum atomic E-state index is -1.07. The first-order valence-electron chi connectivity index (χ1n) is 9.26. The summed E-state index contributed by atoms with van der Waals surface area (Å²) < 4.78 is 14.5. The van der Waals surface area contributed by atoms with Crippen LogP contribution in [0.1, 0.15) is 43.5 Å². The van der Waals surface area contributed by atoms with Gasteiger partial charge in [0.2, 0.25) is 0 Å². The fraction of sp³-hybridized carbons (Fsp3) is 0.579. The molecule has 2 N–H and O–H groups in total. The van der Waals surface area contributed by atoms with Crippen molar-refractivity contribution in [2.24, 2.45) is 0 Å². The molecule has 1 aromatic carbocycles. The summed E-state index contributed by atoms with van der Waals surface area (Å²) >= 11 is 0. The van der Waals surface area contributed by atoms with Gasteiger partial charge in [0.15, 0.2) is 0 Å². The largest absolute Gasteiger partial charge is 0.480 e. The van der Waals surface area contributed by atoms with E-state index in [1.165, 1.54) is 6.07 Å². The van der Waals surface area contributed by atoms with Gasteiger partial charge in [-0.05, 0) is 31.2 Å². The zero-order chi connectivity index (χ0) is 19.1. The summed E-state index contributed by atoms with van der Waals surface area (Å²) in [4.78, 5) is 27.8. The van der Waals surface area contributed by atoms with Gasteiger partial charge in [-0.15, -0.1) is 0 Å². The second-order valence-corrected chi connectivity index (χ2v) is 6.59. The first-order chi connectivity index (χ1) is 12.5. The molecule has 1 aliphatic rings. The van der Waals surface area contributed by atoms with Crippen molar-refractivity contribution in [1.82, 2.24) is 10.2 Å². The van der Waals surface area contributed by atoms with Gasteiger partial charge in [0.25, 0.3) is 5.91 Å². The molecule has 0 aromatic heterocycles. The number of piperazine rings is 1. The molecular formula is C19H28FN3O3. The Morgan fingerprint density at radius 2 is 1.92 bits per heavy atom. The summed E-state index contributed by atoms with van der Waals surface area (Å²) in [5, 5.41) is 11.7. The molecule has 144 valence electrons. The van der Waals surface area contributed by atoms with Crippen LogP contribution in [0.5, 0.6) is 0 Å². The molecule has 0 spiro atoms. The van der Waals surface area contributed by atoms with Crippen LogP contribution in [0, 0.1) is 5.82 Å². The fourth-order valence-electron chi connectivity index (χ4n) is 3.12. The number of anilines is 1. The average Bonchev–Trinajstić information content (AvgIpc) is 2.64. The molecule has 0 saturated carbocycles. The van der Waals surface area contributed by atoms with Crippen LogP contribution in [0.15, 0.2) is 18.2 Å². The highest BCUT2D eigenvalue weighted by molar-refractivity contribution is 5.96. The van der Waals surface area contributed by atoms with Crippen LogP contribution < -0.4 is 10.2 Å². The summed E-state index contributed by atoms with van der Waals surface area (Å²) in [6.07, 6.45) is 1.91. The Morgan fingerprint density at radius 1 is 1.23 bits per heavy atom. The fourth-order valence-corrected chi connectivity index (χ4v) is 3.12. The van der Waals surface area contributed by atoms with Crippen molar-refractivity contribution in [3.05, 3.63) is 29.6 Å². The number of halogens is 1. The number of carboxylic acids is 1. The number of nitrogens with one attached hydrogen (secondary N) is 1. The first kappa shape index (κ1) is 20.2. The molecule has 26 heavy (non-hydrogen) atoms. The van der Waals surface area contributed by atoms with Gasteiger partial charge in [-0.2, -0.15) is 0 Å². The van der Waals surface area contributed by atoms with E-state index in [-0.39, 0.29) is 5.56 Å². The molecule has 0 aliphatic carbocycles. The summed E-state index contributed by atoms with van der Waals surface area (Å²) in [5.74, 6) is -2.09. The van der Waals surface area contributed by atoms with E-state index in [0.717, 1.165) is 39.1 Å². The Hall–Kier alpha value is -2.15. The highest BCUT2D eigenvalue weighted by Gasteiger charge is 2.22. The van der Waals surface area contributed by atoms with Gasteiger partial charge >= 0.3 is 5.97 Å². The minimum Gasteiger partial charge on any atom is -0.480 e. The first-order valence-corrected chi connectivity index (χ1v) is 9.26. The van der Waals surface area contributed by atoms with Gasteiger partial charge in [-0.3, -0.25) is 4.79 Å². The van der Waals surface area contributed by atoms with E-state index in [9.17, 15) is 19.1 Å². The SMILES string of the molecule is CCCC[C@H](NC(=O)c1ccc(N2CCN(CC)CC2)c(F)c1)C(=O)O. The summed E-state index contributed by atoms with van der Waals surface area (Å²) in [6.45, 7) is 8.30. The van der Waals surface area contributed by atoms with Crippen molar-refractivity contribution in [2.45, 2.75) is 39.2 Å². The summed E-state index contributed by atoms with van der Waals surface area (Å²) in [6, 6.07) is 3.40. The molecule has 1 aliphatic heterocycles. The van der Waals surface area contributed by atoms with E-state index in [1.807, 2.05) is 11.8 Å².